The third-order valence-corrected chi connectivity index (χ3v) is 6.32. The fourth-order valence-electron chi connectivity index (χ4n) is 4.80. The number of nitrogens with two attached hydrogens (primary N) is 2. The third kappa shape index (κ3) is 5.97. The number of carboxylic acids is 1. The van der Waals surface area contributed by atoms with Crippen LogP contribution in [0.15, 0.2) is 4.99 Å². The summed E-state index contributed by atoms with van der Waals surface area (Å²) in [6, 6.07) is -3.63. The molecule has 0 aromatic carbocycles. The predicted octanol–water partition coefficient (Wildman–Crippen LogP) is -2.82. The highest BCUT2D eigenvalue weighted by molar-refractivity contribution is 5.98. The van der Waals surface area contributed by atoms with Gasteiger partial charge in [-0.1, -0.05) is 0 Å². The number of aliphatic carboxylic acids is 1. The first kappa shape index (κ1) is 24.4. The van der Waals surface area contributed by atoms with Crippen molar-refractivity contribution in [2.75, 3.05) is 13.1 Å². The van der Waals surface area contributed by atoms with Gasteiger partial charge < -0.3 is 32.1 Å². The van der Waals surface area contributed by atoms with E-state index in [9.17, 15) is 29.1 Å². The molecule has 0 aromatic heterocycles. The molecule has 3 saturated heterocycles. The average molecular weight is 466 g/mol. The lowest BCUT2D eigenvalue weighted by molar-refractivity contribution is -0.146. The van der Waals surface area contributed by atoms with E-state index in [0.717, 1.165) is 0 Å². The van der Waals surface area contributed by atoms with Crippen LogP contribution in [0.3, 0.4) is 0 Å². The average Bonchev–Trinajstić information content (AvgIpc) is 3.18. The highest BCUT2D eigenvalue weighted by Gasteiger charge is 2.48. The van der Waals surface area contributed by atoms with Crippen molar-refractivity contribution in [2.24, 2.45) is 16.5 Å². The van der Waals surface area contributed by atoms with E-state index in [1.807, 2.05) is 0 Å². The number of Topliss-reactive ketones (excluding diaryl/α,β-unsaturated/α-hetero) is 1. The first-order chi connectivity index (χ1) is 15.7. The van der Waals surface area contributed by atoms with Crippen molar-refractivity contribution in [3.8, 4) is 0 Å². The van der Waals surface area contributed by atoms with Crippen molar-refractivity contribution >= 4 is 35.4 Å². The summed E-state index contributed by atoms with van der Waals surface area (Å²) in [5.41, 5.74) is 10.7. The second-order valence-electron chi connectivity index (χ2n) is 8.63. The zero-order chi connectivity index (χ0) is 24.1. The predicted molar refractivity (Wildman–Crippen MR) is 116 cm³/mol. The third-order valence-electron chi connectivity index (χ3n) is 6.32. The number of fused-ring (bicyclic) bond motifs is 1. The molecule has 0 saturated carbocycles. The number of hydrogen-bond acceptors (Lipinski definition) is 7. The number of carbonyl (C=O) groups excluding carboxylic acids is 4. The van der Waals surface area contributed by atoms with Gasteiger partial charge in [-0.05, 0) is 38.5 Å². The summed E-state index contributed by atoms with van der Waals surface area (Å²) in [5, 5.41) is 17.1. The minimum atomic E-state index is -1.22. The standard InChI is InChI=1S/C20H31N7O6/c21-20(22)23-7-1-2-11-17(31)14-6-4-10-3-5-12(19(33)27(10)14)25-13(8-16(29)30)18(32)24-9-15(28)26-11/h10-14,25H,1-9H2,(H,24,32)(H,26,28)(H,29,30)(H4,21,22,23)/t10-,11-,12+,13-,14-/m0/s1. The molecule has 0 unspecified atom stereocenters. The molecule has 0 spiro atoms. The molecule has 3 aliphatic heterocycles. The molecule has 33 heavy (non-hydrogen) atoms. The molecular weight excluding hydrogens is 434 g/mol. The summed E-state index contributed by atoms with van der Waals surface area (Å²) in [7, 11) is 0. The lowest BCUT2D eigenvalue weighted by Crippen LogP contribution is -2.61. The Morgan fingerprint density at radius 2 is 1.82 bits per heavy atom. The normalized spacial score (nSPS) is 30.4. The number of piperidine rings is 1. The number of hydrogen-bond donors (Lipinski definition) is 6. The molecule has 3 fully saturated rings. The van der Waals surface area contributed by atoms with E-state index < -0.39 is 54.9 Å². The maximum Gasteiger partial charge on any atom is 0.305 e. The molecule has 2 bridgehead atoms. The van der Waals surface area contributed by atoms with Crippen molar-refractivity contribution in [2.45, 2.75) is 75.2 Å². The summed E-state index contributed by atoms with van der Waals surface area (Å²) in [6.45, 7) is -0.151. The van der Waals surface area contributed by atoms with Gasteiger partial charge in [0.25, 0.3) is 0 Å². The minimum Gasteiger partial charge on any atom is -0.481 e. The Kier molecular flexibility index (Phi) is 7.84. The van der Waals surface area contributed by atoms with Gasteiger partial charge in [-0.25, -0.2) is 0 Å². The Morgan fingerprint density at radius 1 is 1.09 bits per heavy atom. The van der Waals surface area contributed by atoms with E-state index in [1.54, 1.807) is 4.90 Å². The Balaban J connectivity index is 1.86. The number of ketones is 1. The van der Waals surface area contributed by atoms with Crippen molar-refractivity contribution in [1.29, 1.82) is 0 Å². The van der Waals surface area contributed by atoms with Crippen molar-refractivity contribution < 1.29 is 29.1 Å². The maximum absolute atomic E-state index is 13.4. The van der Waals surface area contributed by atoms with Crippen molar-refractivity contribution in [3.05, 3.63) is 0 Å². The summed E-state index contributed by atoms with van der Waals surface area (Å²) in [5.74, 6) is -3.17. The van der Waals surface area contributed by atoms with Crippen LogP contribution in [0.5, 0.6) is 0 Å². The molecule has 13 nitrogen and oxygen atoms in total. The SMILES string of the molecule is NC(N)=NCCC[C@@H]1NC(=O)CNC(=O)[C@H](CC(=O)O)N[C@@H]2CC[C@H]3CC[C@@H](C1=O)N3C2=O. The second kappa shape index (κ2) is 10.6. The van der Waals surface area contributed by atoms with E-state index in [4.69, 9.17) is 11.5 Å². The van der Waals surface area contributed by atoms with E-state index in [1.165, 1.54) is 0 Å². The Labute approximate surface area is 190 Å². The number of carbonyl (C=O) groups is 5. The topological polar surface area (TPSA) is 209 Å². The van der Waals surface area contributed by atoms with E-state index >= 15 is 0 Å². The van der Waals surface area contributed by atoms with Gasteiger partial charge >= 0.3 is 5.97 Å². The Hall–Kier alpha value is -3.22. The number of nitrogens with one attached hydrogen (secondary N) is 3. The summed E-state index contributed by atoms with van der Waals surface area (Å²) < 4.78 is 0. The molecular formula is C20H31N7O6. The molecule has 13 heteroatoms. The molecule has 0 radical (unpaired) electrons. The van der Waals surface area contributed by atoms with Gasteiger partial charge in [-0.3, -0.25) is 34.3 Å². The molecule has 3 aliphatic rings. The van der Waals surface area contributed by atoms with E-state index in [0.29, 0.717) is 32.1 Å². The first-order valence-electron chi connectivity index (χ1n) is 11.1. The molecule has 3 heterocycles. The highest BCUT2D eigenvalue weighted by Crippen LogP contribution is 2.34. The first-order valence-corrected chi connectivity index (χ1v) is 11.1. The van der Waals surface area contributed by atoms with Crippen LogP contribution in [0, 0.1) is 0 Å². The van der Waals surface area contributed by atoms with Gasteiger partial charge in [0, 0.05) is 12.6 Å². The van der Waals surface area contributed by atoms with Crippen LogP contribution in [0.1, 0.15) is 44.9 Å². The van der Waals surface area contributed by atoms with Gasteiger partial charge in [-0.2, -0.15) is 0 Å². The largest absolute Gasteiger partial charge is 0.481 e. The van der Waals surface area contributed by atoms with Crippen LogP contribution in [0.25, 0.3) is 0 Å². The molecule has 0 aromatic rings. The van der Waals surface area contributed by atoms with Crippen molar-refractivity contribution in [3.63, 3.8) is 0 Å². The minimum absolute atomic E-state index is 0.0741. The zero-order valence-electron chi connectivity index (χ0n) is 18.3. The Bertz CT molecular complexity index is 843. The maximum atomic E-state index is 13.4. The van der Waals surface area contributed by atoms with Gasteiger partial charge in [0.15, 0.2) is 11.7 Å². The van der Waals surface area contributed by atoms with E-state index in [2.05, 4.69) is 20.9 Å². The number of guanidine groups is 1. The van der Waals surface area contributed by atoms with Gasteiger partial charge in [0.2, 0.25) is 17.7 Å². The second-order valence-corrected chi connectivity index (χ2v) is 8.63. The van der Waals surface area contributed by atoms with Gasteiger partial charge in [-0.15, -0.1) is 0 Å². The highest BCUT2D eigenvalue weighted by atomic mass is 16.4. The van der Waals surface area contributed by atoms with E-state index in [-0.39, 0.29) is 36.7 Å². The Morgan fingerprint density at radius 3 is 2.52 bits per heavy atom. The van der Waals surface area contributed by atoms with Crippen LogP contribution < -0.4 is 27.4 Å². The lowest BCUT2D eigenvalue weighted by Gasteiger charge is -2.39. The molecule has 3 rings (SSSR count). The van der Waals surface area contributed by atoms with Crippen LogP contribution >= 0.6 is 0 Å². The van der Waals surface area contributed by atoms with Crippen LogP contribution in [-0.2, 0) is 24.0 Å². The quantitative estimate of drug-likeness (QED) is 0.135. The molecule has 0 aliphatic carbocycles. The number of nitrogens with zero attached hydrogens (tertiary/aromatic N) is 2. The van der Waals surface area contributed by atoms with Crippen LogP contribution in [-0.4, -0.2) is 88.7 Å². The smallest absolute Gasteiger partial charge is 0.305 e. The molecule has 5 atom stereocenters. The monoisotopic (exact) mass is 465 g/mol. The summed E-state index contributed by atoms with van der Waals surface area (Å²) in [4.78, 5) is 68.5. The molecule has 3 amide bonds. The lowest BCUT2D eigenvalue weighted by atomic mass is 9.95. The zero-order valence-corrected chi connectivity index (χ0v) is 18.3. The number of carboxylic acid groups (broad SMARTS) is 1. The number of rotatable bonds is 6. The fourth-order valence-corrected chi connectivity index (χ4v) is 4.80. The van der Waals surface area contributed by atoms with Crippen molar-refractivity contribution in [1.82, 2.24) is 20.9 Å². The van der Waals surface area contributed by atoms with Gasteiger partial charge in [0.1, 0.15) is 0 Å². The fraction of sp³-hybridized carbons (Fsp3) is 0.700. The number of amides is 3. The van der Waals surface area contributed by atoms with Crippen LogP contribution in [0.4, 0.5) is 0 Å². The molecule has 182 valence electrons. The number of aliphatic imine (C=N–C) groups is 1. The summed E-state index contributed by atoms with van der Waals surface area (Å²) in [6.07, 6.45) is 2.37. The van der Waals surface area contributed by atoms with Crippen LogP contribution in [0.2, 0.25) is 0 Å². The van der Waals surface area contributed by atoms with Gasteiger partial charge in [0.05, 0.1) is 37.1 Å². The molecule has 8 N–H and O–H groups in total. The summed E-state index contributed by atoms with van der Waals surface area (Å²) >= 11 is 0.